The second-order valence-corrected chi connectivity index (χ2v) is 7.66. The first kappa shape index (κ1) is 23.6. The lowest BCUT2D eigenvalue weighted by Crippen LogP contribution is -2.31. The Hall–Kier alpha value is -4.59. The van der Waals surface area contributed by atoms with Gasteiger partial charge in [-0.2, -0.15) is 5.10 Å². The van der Waals surface area contributed by atoms with Crippen LogP contribution in [-0.2, 0) is 4.79 Å². The summed E-state index contributed by atoms with van der Waals surface area (Å²) < 4.78 is 13.2. The quantitative estimate of drug-likeness (QED) is 0.355. The number of aryl methyl sites for hydroxylation is 1. The number of hydrogen-bond donors (Lipinski definition) is 1. The van der Waals surface area contributed by atoms with E-state index in [0.717, 1.165) is 22.6 Å². The summed E-state index contributed by atoms with van der Waals surface area (Å²) in [6.45, 7) is 4.01. The Bertz CT molecular complexity index is 1260. The van der Waals surface area contributed by atoms with E-state index in [2.05, 4.69) is 10.1 Å². The number of hydrogen-bond acceptors (Lipinski definition) is 6. The third-order valence-electron chi connectivity index (χ3n) is 5.06. The number of nitrogens with two attached hydrogens (primary N) is 1. The normalized spacial score (nSPS) is 10.9. The molecular weight excluding hydrogens is 442 g/mol. The van der Waals surface area contributed by atoms with E-state index in [4.69, 9.17) is 15.2 Å². The SMILES string of the molecule is CCOc1cc(C=Nn2cc(C)nc2N)ccc1OCC(=O)N(c1ccccc1)c1ccccc1. The first-order chi connectivity index (χ1) is 17.0. The zero-order valence-electron chi connectivity index (χ0n) is 19.7. The van der Waals surface area contributed by atoms with Crippen LogP contribution in [0.2, 0.25) is 0 Å². The van der Waals surface area contributed by atoms with Crippen molar-refractivity contribution in [1.29, 1.82) is 0 Å². The number of nitrogen functional groups attached to an aromatic ring is 1. The highest BCUT2D eigenvalue weighted by atomic mass is 16.5. The summed E-state index contributed by atoms with van der Waals surface area (Å²) in [5.74, 6) is 1.09. The van der Waals surface area contributed by atoms with Crippen molar-refractivity contribution in [3.63, 3.8) is 0 Å². The highest BCUT2D eigenvalue weighted by Crippen LogP contribution is 2.29. The van der Waals surface area contributed by atoms with Crippen LogP contribution in [0.3, 0.4) is 0 Å². The largest absolute Gasteiger partial charge is 0.490 e. The molecule has 4 rings (SSSR count). The number of anilines is 3. The first-order valence-electron chi connectivity index (χ1n) is 11.2. The van der Waals surface area contributed by atoms with E-state index in [-0.39, 0.29) is 12.5 Å². The number of carbonyl (C=O) groups is 1. The van der Waals surface area contributed by atoms with Gasteiger partial charge in [0.15, 0.2) is 18.1 Å². The van der Waals surface area contributed by atoms with Crippen LogP contribution in [-0.4, -0.2) is 35.0 Å². The molecule has 0 aliphatic rings. The predicted octanol–water partition coefficient (Wildman–Crippen LogP) is 4.80. The lowest BCUT2D eigenvalue weighted by Gasteiger charge is -2.23. The molecule has 4 aromatic rings. The highest BCUT2D eigenvalue weighted by Gasteiger charge is 2.19. The number of ether oxygens (including phenoxy) is 2. The number of amides is 1. The lowest BCUT2D eigenvalue weighted by molar-refractivity contribution is -0.119. The van der Waals surface area contributed by atoms with Crippen molar-refractivity contribution < 1.29 is 14.3 Å². The summed E-state index contributed by atoms with van der Waals surface area (Å²) in [6.07, 6.45) is 3.39. The van der Waals surface area contributed by atoms with Gasteiger partial charge in [0.2, 0.25) is 5.95 Å². The van der Waals surface area contributed by atoms with Crippen LogP contribution in [0.5, 0.6) is 11.5 Å². The van der Waals surface area contributed by atoms with E-state index >= 15 is 0 Å². The monoisotopic (exact) mass is 469 g/mol. The van der Waals surface area contributed by atoms with Crippen molar-refractivity contribution in [3.8, 4) is 11.5 Å². The molecule has 0 saturated heterocycles. The van der Waals surface area contributed by atoms with Crippen LogP contribution < -0.4 is 20.1 Å². The summed E-state index contributed by atoms with van der Waals surface area (Å²) in [5, 5.41) is 4.34. The van der Waals surface area contributed by atoms with E-state index in [1.54, 1.807) is 29.4 Å². The van der Waals surface area contributed by atoms with Crippen molar-refractivity contribution >= 4 is 29.4 Å². The molecule has 0 fully saturated rings. The Kier molecular flexibility index (Phi) is 7.42. The van der Waals surface area contributed by atoms with Crippen LogP contribution in [0.1, 0.15) is 18.2 Å². The minimum atomic E-state index is -0.207. The third-order valence-corrected chi connectivity index (χ3v) is 5.06. The Morgan fingerprint density at radius 1 is 1.00 bits per heavy atom. The van der Waals surface area contributed by atoms with Crippen molar-refractivity contribution in [2.75, 3.05) is 23.8 Å². The molecular formula is C27H27N5O3. The van der Waals surface area contributed by atoms with Crippen molar-refractivity contribution in [1.82, 2.24) is 9.66 Å². The number of rotatable bonds is 9. The van der Waals surface area contributed by atoms with Crippen molar-refractivity contribution in [2.24, 2.45) is 5.10 Å². The molecule has 1 heterocycles. The Balaban J connectivity index is 1.52. The molecule has 0 aliphatic carbocycles. The highest BCUT2D eigenvalue weighted by molar-refractivity contribution is 6.01. The van der Waals surface area contributed by atoms with E-state index < -0.39 is 0 Å². The third kappa shape index (κ3) is 5.86. The number of carbonyl (C=O) groups excluding carboxylic acids is 1. The zero-order valence-corrected chi connectivity index (χ0v) is 19.7. The van der Waals surface area contributed by atoms with Crippen molar-refractivity contribution in [3.05, 3.63) is 96.3 Å². The molecule has 8 nitrogen and oxygen atoms in total. The zero-order chi connectivity index (χ0) is 24.6. The molecule has 178 valence electrons. The fraction of sp³-hybridized carbons (Fsp3) is 0.148. The number of nitrogens with zero attached hydrogens (tertiary/aromatic N) is 4. The van der Waals surface area contributed by atoms with Gasteiger partial charge in [-0.3, -0.25) is 9.69 Å². The summed E-state index contributed by atoms with van der Waals surface area (Å²) >= 11 is 0. The van der Waals surface area contributed by atoms with Gasteiger partial charge in [-0.1, -0.05) is 36.4 Å². The molecule has 2 N–H and O–H groups in total. The maximum Gasteiger partial charge on any atom is 0.269 e. The van der Waals surface area contributed by atoms with Crippen LogP contribution in [0, 0.1) is 6.92 Å². The molecule has 0 radical (unpaired) electrons. The Morgan fingerprint density at radius 3 is 2.23 bits per heavy atom. The molecule has 0 saturated carbocycles. The summed E-state index contributed by atoms with van der Waals surface area (Å²) in [6, 6.07) is 24.4. The second-order valence-electron chi connectivity index (χ2n) is 7.66. The van der Waals surface area contributed by atoms with Crippen LogP contribution in [0.25, 0.3) is 0 Å². The Labute approximate surface area is 204 Å². The average molecular weight is 470 g/mol. The van der Waals surface area contributed by atoms with E-state index in [9.17, 15) is 4.79 Å². The van der Waals surface area contributed by atoms with Gasteiger partial charge in [0.05, 0.1) is 24.7 Å². The van der Waals surface area contributed by atoms with Gasteiger partial charge in [-0.25, -0.2) is 9.66 Å². The molecule has 0 aliphatic heterocycles. The van der Waals surface area contributed by atoms with Gasteiger partial charge in [-0.05, 0) is 61.9 Å². The van der Waals surface area contributed by atoms with Gasteiger partial charge in [0.1, 0.15) is 0 Å². The number of para-hydroxylation sites is 2. The number of benzene rings is 3. The topological polar surface area (TPSA) is 95.0 Å². The lowest BCUT2D eigenvalue weighted by atomic mass is 10.2. The molecule has 1 aromatic heterocycles. The number of imidazole rings is 1. The van der Waals surface area contributed by atoms with E-state index in [0.29, 0.717) is 24.1 Å². The summed E-state index contributed by atoms with van der Waals surface area (Å²) in [4.78, 5) is 19.0. The molecule has 35 heavy (non-hydrogen) atoms. The summed E-state index contributed by atoms with van der Waals surface area (Å²) in [5.41, 5.74) is 8.93. The smallest absolute Gasteiger partial charge is 0.269 e. The fourth-order valence-corrected chi connectivity index (χ4v) is 3.51. The molecule has 0 bridgehead atoms. The van der Waals surface area contributed by atoms with Gasteiger partial charge in [-0.15, -0.1) is 0 Å². The van der Waals surface area contributed by atoms with Gasteiger partial charge >= 0.3 is 0 Å². The van der Waals surface area contributed by atoms with E-state index in [1.807, 2.05) is 80.6 Å². The van der Waals surface area contributed by atoms with E-state index in [1.165, 1.54) is 4.68 Å². The van der Waals surface area contributed by atoms with Gasteiger partial charge in [0, 0.05) is 11.4 Å². The molecule has 1 amide bonds. The summed E-state index contributed by atoms with van der Waals surface area (Å²) in [7, 11) is 0. The Morgan fingerprint density at radius 2 is 1.66 bits per heavy atom. The minimum absolute atomic E-state index is 0.165. The predicted molar refractivity (Wildman–Crippen MR) is 138 cm³/mol. The number of aromatic nitrogens is 2. The van der Waals surface area contributed by atoms with Gasteiger partial charge in [0.25, 0.3) is 5.91 Å². The standard InChI is InChI=1S/C27H27N5O3/c1-3-34-25-16-21(17-29-31-18-20(2)30-27(31)28)14-15-24(25)35-19-26(33)32(22-10-6-4-7-11-22)23-12-8-5-9-13-23/h4-18H,3,19H2,1-2H3,(H2,28,30). The molecule has 0 spiro atoms. The van der Waals surface area contributed by atoms with Crippen LogP contribution >= 0.6 is 0 Å². The average Bonchev–Trinajstić information content (AvgIpc) is 3.20. The fourth-order valence-electron chi connectivity index (χ4n) is 3.51. The van der Waals surface area contributed by atoms with Crippen molar-refractivity contribution in [2.45, 2.75) is 13.8 Å². The minimum Gasteiger partial charge on any atom is -0.490 e. The maximum absolute atomic E-state index is 13.3. The molecule has 8 heteroatoms. The maximum atomic E-state index is 13.3. The molecule has 3 aromatic carbocycles. The van der Waals surface area contributed by atoms with Gasteiger partial charge < -0.3 is 15.2 Å². The molecule has 0 atom stereocenters. The first-order valence-corrected chi connectivity index (χ1v) is 11.2. The second kappa shape index (κ2) is 11.0. The van der Waals surface area contributed by atoms with Crippen LogP contribution in [0.15, 0.2) is 90.2 Å². The van der Waals surface area contributed by atoms with Crippen LogP contribution in [0.4, 0.5) is 17.3 Å². The molecule has 0 unspecified atom stereocenters.